The van der Waals surface area contributed by atoms with Gasteiger partial charge in [0, 0.05) is 49.9 Å². The van der Waals surface area contributed by atoms with Gasteiger partial charge in [0.05, 0.1) is 25.9 Å². The first kappa shape index (κ1) is 29.9. The zero-order chi connectivity index (χ0) is 28.0. The Bertz CT molecular complexity index is 1110. The molecule has 0 aromatic heterocycles. The van der Waals surface area contributed by atoms with Crippen LogP contribution in [0.15, 0.2) is 42.5 Å². The van der Waals surface area contributed by atoms with E-state index in [1.165, 1.54) is 0 Å². The number of aliphatic hydroxyl groups is 2. The van der Waals surface area contributed by atoms with Gasteiger partial charge in [-0.25, -0.2) is 0 Å². The van der Waals surface area contributed by atoms with Gasteiger partial charge in [0.15, 0.2) is 0 Å². The quantitative estimate of drug-likeness (QED) is 0.360. The van der Waals surface area contributed by atoms with E-state index < -0.39 is 23.9 Å². The molecule has 4 N–H and O–H groups in total. The summed E-state index contributed by atoms with van der Waals surface area (Å²) in [4.78, 5) is 15.2. The van der Waals surface area contributed by atoms with Crippen molar-refractivity contribution in [1.29, 1.82) is 0 Å². The minimum atomic E-state index is -1.42. The number of nitrogens with zero attached hydrogens (tertiary/aromatic N) is 1. The highest BCUT2D eigenvalue weighted by atomic mass is 35.5. The Morgan fingerprint density at radius 3 is 2.69 bits per heavy atom. The fourth-order valence-corrected chi connectivity index (χ4v) is 6.20. The summed E-state index contributed by atoms with van der Waals surface area (Å²) in [5, 5.41) is 23.2. The largest absolute Gasteiger partial charge is 0.391 e. The van der Waals surface area contributed by atoms with Gasteiger partial charge in [-0.2, -0.15) is 0 Å². The first-order valence-corrected chi connectivity index (χ1v) is 14.1. The van der Waals surface area contributed by atoms with Crippen LogP contribution < -0.4 is 5.73 Å². The Hall–Kier alpha value is -2.04. The molecule has 1 saturated heterocycles. The van der Waals surface area contributed by atoms with Crippen molar-refractivity contribution in [2.45, 2.75) is 62.6 Å². The fraction of sp³-hybridized carbons (Fsp3) is 0.567. The lowest BCUT2D eigenvalue weighted by atomic mass is 9.78. The molecule has 39 heavy (non-hydrogen) atoms. The van der Waals surface area contributed by atoms with E-state index in [0.29, 0.717) is 62.6 Å². The third kappa shape index (κ3) is 6.82. The maximum Gasteiger partial charge on any atom is 0.226 e. The molecule has 1 heterocycles. The van der Waals surface area contributed by atoms with Crippen LogP contribution in [0.3, 0.4) is 0 Å². The Morgan fingerprint density at radius 2 is 1.97 bits per heavy atom. The second-order valence-corrected chi connectivity index (χ2v) is 11.1. The van der Waals surface area contributed by atoms with E-state index in [1.807, 2.05) is 42.5 Å². The number of aliphatic hydroxyl groups excluding tert-OH is 1. The van der Waals surface area contributed by atoms with E-state index >= 15 is 0 Å². The number of morpholine rings is 1. The minimum absolute atomic E-state index is 0.0457. The fourth-order valence-electron chi connectivity index (χ4n) is 5.92. The molecule has 2 aliphatic rings. The highest BCUT2D eigenvalue weighted by molar-refractivity contribution is 6.33. The van der Waals surface area contributed by atoms with Crippen LogP contribution in [0.25, 0.3) is 11.1 Å². The molecule has 1 aliphatic carbocycles. The van der Waals surface area contributed by atoms with E-state index in [2.05, 4.69) is 0 Å². The molecule has 1 saturated carbocycles. The van der Waals surface area contributed by atoms with Crippen molar-refractivity contribution in [3.63, 3.8) is 0 Å². The summed E-state index contributed by atoms with van der Waals surface area (Å²) in [6, 6.07) is 13.1. The van der Waals surface area contributed by atoms with Gasteiger partial charge >= 0.3 is 0 Å². The lowest BCUT2D eigenvalue weighted by Crippen LogP contribution is -2.55. The molecule has 1 amide bonds. The van der Waals surface area contributed by atoms with Crippen molar-refractivity contribution in [3.8, 4) is 11.1 Å². The van der Waals surface area contributed by atoms with Gasteiger partial charge in [-0.15, -0.1) is 0 Å². The highest BCUT2D eigenvalue weighted by Crippen LogP contribution is 2.43. The van der Waals surface area contributed by atoms with Gasteiger partial charge in [-0.3, -0.25) is 4.79 Å². The summed E-state index contributed by atoms with van der Waals surface area (Å²) >= 11 is 6.81. The number of methoxy groups -OCH3 is 2. The molecule has 0 unspecified atom stereocenters. The third-order valence-electron chi connectivity index (χ3n) is 8.00. The van der Waals surface area contributed by atoms with Crippen LogP contribution in [-0.2, 0) is 31.2 Å². The van der Waals surface area contributed by atoms with E-state index in [-0.39, 0.29) is 18.4 Å². The molecule has 0 radical (unpaired) electrons. The smallest absolute Gasteiger partial charge is 0.226 e. The maximum atomic E-state index is 13.4. The van der Waals surface area contributed by atoms with Crippen molar-refractivity contribution in [1.82, 2.24) is 4.90 Å². The second-order valence-electron chi connectivity index (χ2n) is 10.7. The van der Waals surface area contributed by atoms with E-state index in [4.69, 9.17) is 31.5 Å². The monoisotopic (exact) mass is 560 g/mol. The van der Waals surface area contributed by atoms with Crippen LogP contribution in [0.2, 0.25) is 5.02 Å². The Balaban J connectivity index is 1.69. The molecule has 4 rings (SSSR count). The number of ether oxygens (including phenoxy) is 3. The van der Waals surface area contributed by atoms with Crippen molar-refractivity contribution < 1.29 is 29.2 Å². The second kappa shape index (κ2) is 13.5. The first-order chi connectivity index (χ1) is 18.8. The maximum absolute atomic E-state index is 13.4. The van der Waals surface area contributed by atoms with Gasteiger partial charge in [0.25, 0.3) is 0 Å². The molecular weight excluding hydrogens is 520 g/mol. The van der Waals surface area contributed by atoms with Gasteiger partial charge in [-0.05, 0) is 60.9 Å². The van der Waals surface area contributed by atoms with Crippen molar-refractivity contribution in [3.05, 3.63) is 58.6 Å². The number of nitrogens with two attached hydrogens (primary N) is 1. The topological polar surface area (TPSA) is 114 Å². The summed E-state index contributed by atoms with van der Waals surface area (Å²) < 4.78 is 16.8. The Kier molecular flexibility index (Phi) is 10.4. The highest BCUT2D eigenvalue weighted by Gasteiger charge is 2.45. The number of benzene rings is 2. The molecule has 5 atom stereocenters. The summed E-state index contributed by atoms with van der Waals surface area (Å²) in [5.74, 6) is -0.371. The minimum Gasteiger partial charge on any atom is -0.391 e. The van der Waals surface area contributed by atoms with Gasteiger partial charge in [0.1, 0.15) is 11.7 Å². The van der Waals surface area contributed by atoms with Crippen LogP contribution in [0.1, 0.15) is 43.2 Å². The molecule has 214 valence electrons. The van der Waals surface area contributed by atoms with Crippen molar-refractivity contribution in [2.24, 2.45) is 11.7 Å². The lowest BCUT2D eigenvalue weighted by molar-refractivity contribution is -0.167. The molecule has 8 nitrogen and oxygen atoms in total. The predicted molar refractivity (Wildman–Crippen MR) is 150 cm³/mol. The summed E-state index contributed by atoms with van der Waals surface area (Å²) in [5.41, 5.74) is 7.84. The van der Waals surface area contributed by atoms with Gasteiger partial charge in [0.2, 0.25) is 5.91 Å². The van der Waals surface area contributed by atoms with E-state index in [9.17, 15) is 15.0 Å². The molecule has 2 aromatic carbocycles. The first-order valence-electron chi connectivity index (χ1n) is 13.7. The molecule has 1 aliphatic heterocycles. The average Bonchev–Trinajstić information content (AvgIpc) is 3.28. The van der Waals surface area contributed by atoms with Crippen LogP contribution in [0.4, 0.5) is 0 Å². The van der Waals surface area contributed by atoms with Crippen molar-refractivity contribution >= 4 is 17.5 Å². The number of carbonyl (C=O) groups excluding carboxylic acids is 1. The molecule has 0 spiro atoms. The van der Waals surface area contributed by atoms with Crippen LogP contribution in [-0.4, -0.2) is 79.8 Å². The number of rotatable bonds is 11. The summed E-state index contributed by atoms with van der Waals surface area (Å²) in [6.07, 6.45) is 1.34. The third-order valence-corrected chi connectivity index (χ3v) is 8.31. The molecule has 2 aromatic rings. The van der Waals surface area contributed by atoms with Crippen molar-refractivity contribution in [2.75, 3.05) is 40.5 Å². The zero-order valence-corrected chi connectivity index (χ0v) is 23.6. The molecule has 0 bridgehead atoms. The average molecular weight is 561 g/mol. The molecule has 9 heteroatoms. The number of unbranched alkanes of at least 4 members (excludes halogenated alkanes) is 1. The zero-order valence-electron chi connectivity index (χ0n) is 22.9. The van der Waals surface area contributed by atoms with Crippen LogP contribution in [0, 0.1) is 5.92 Å². The number of carbonyl (C=O) groups is 1. The van der Waals surface area contributed by atoms with E-state index in [1.54, 1.807) is 19.1 Å². The van der Waals surface area contributed by atoms with Crippen LogP contribution >= 0.6 is 11.6 Å². The Labute approximate surface area is 236 Å². The molecule has 2 fully saturated rings. The van der Waals surface area contributed by atoms with Crippen LogP contribution in [0.5, 0.6) is 0 Å². The number of hydrogen-bond acceptors (Lipinski definition) is 7. The van der Waals surface area contributed by atoms with E-state index in [0.717, 1.165) is 23.1 Å². The summed E-state index contributed by atoms with van der Waals surface area (Å²) in [6.45, 7) is 2.00. The standard InChI is InChI=1S/C30H41ClN2O6/c1-37-13-4-3-11-30(36,27-18-33(12-14-39-27)29(35)22-16-25(32)26(34)17-22)23-9-6-10-24(31)28(23)21-8-5-7-20(15-21)19-38-2/h5-10,15,22,25-27,34,36H,3-4,11-14,16-19,32H2,1-2H3/t22-,25+,26-,27+,30+/m0/s1. The van der Waals surface area contributed by atoms with Gasteiger partial charge < -0.3 is 35.1 Å². The Morgan fingerprint density at radius 1 is 1.18 bits per heavy atom. The SMILES string of the molecule is COCCCC[C@@](O)(c1cccc(Cl)c1-c1cccc(COC)c1)[C@H]1CN(C(=O)[C@H]2C[C@@H](N)[C@@H](O)C2)CCO1. The number of amides is 1. The molecular formula is C30H41ClN2O6. The van der Waals surface area contributed by atoms with Gasteiger partial charge in [-0.1, -0.05) is 41.9 Å². The number of halogens is 1. The summed E-state index contributed by atoms with van der Waals surface area (Å²) in [7, 11) is 3.31. The normalized spacial score (nSPS) is 25.0. The lowest BCUT2D eigenvalue weighted by Gasteiger charge is -2.44. The predicted octanol–water partition coefficient (Wildman–Crippen LogP) is 3.48. The number of hydrogen-bond donors (Lipinski definition) is 3.